The molecule has 0 fully saturated rings. The van der Waals surface area contributed by atoms with Gasteiger partial charge in [0.15, 0.2) is 11.4 Å². The molecule has 0 aromatic carbocycles. The van der Waals surface area contributed by atoms with Crippen LogP contribution in [0.3, 0.4) is 0 Å². The molecule has 0 atom stereocenters. The van der Waals surface area contributed by atoms with Crippen LogP contribution < -0.4 is 0 Å². The molecule has 0 radical (unpaired) electrons. The van der Waals surface area contributed by atoms with Crippen molar-refractivity contribution in [2.24, 2.45) is 0 Å². The molecule has 2 heterocycles. The number of nitrogens with zero attached hydrogens (tertiary/aromatic N) is 6. The van der Waals surface area contributed by atoms with Crippen LogP contribution in [0.4, 0.5) is 0 Å². The largest absolute Gasteiger partial charge is 0.336 e. The molecule has 0 aliphatic rings. The van der Waals surface area contributed by atoms with E-state index in [0.717, 1.165) is 0 Å². The Hall–Kier alpha value is -2.60. The highest BCUT2D eigenvalue weighted by Crippen LogP contribution is 2.05. The summed E-state index contributed by atoms with van der Waals surface area (Å²) in [6.07, 6.45) is 6.75. The summed E-state index contributed by atoms with van der Waals surface area (Å²) >= 11 is 0. The van der Waals surface area contributed by atoms with Crippen molar-refractivity contribution >= 4 is 0 Å². The molecule has 0 saturated heterocycles. The summed E-state index contributed by atoms with van der Waals surface area (Å²) in [7, 11) is 0. The Kier molecular flexibility index (Phi) is 2.66. The van der Waals surface area contributed by atoms with Crippen LogP contribution in [0.5, 0.6) is 0 Å². The highest BCUT2D eigenvalue weighted by atomic mass is 15.1. The second-order valence-electron chi connectivity index (χ2n) is 3.16. The van der Waals surface area contributed by atoms with Crippen LogP contribution in [0.25, 0.3) is 0 Å². The number of rotatable bonds is 3. The van der Waals surface area contributed by atoms with E-state index < -0.39 is 0 Å². The summed E-state index contributed by atoms with van der Waals surface area (Å²) in [5.41, 5.74) is 0.482. The van der Waals surface area contributed by atoms with Crippen LogP contribution >= 0.6 is 0 Å². The van der Waals surface area contributed by atoms with Gasteiger partial charge < -0.3 is 9.13 Å². The lowest BCUT2D eigenvalue weighted by atomic mass is 10.3. The van der Waals surface area contributed by atoms with Gasteiger partial charge in [0.25, 0.3) is 0 Å². The lowest BCUT2D eigenvalue weighted by molar-refractivity contribution is 0.574. The second kappa shape index (κ2) is 4.28. The first kappa shape index (κ1) is 9.94. The van der Waals surface area contributed by atoms with Gasteiger partial charge in [-0.2, -0.15) is 10.5 Å². The van der Waals surface area contributed by atoms with Gasteiger partial charge in [0, 0.05) is 25.5 Å². The summed E-state index contributed by atoms with van der Waals surface area (Å²) < 4.78 is 3.56. The van der Waals surface area contributed by atoms with E-state index in [0.29, 0.717) is 18.8 Å². The van der Waals surface area contributed by atoms with Crippen LogP contribution in [0.1, 0.15) is 11.4 Å². The summed E-state index contributed by atoms with van der Waals surface area (Å²) in [6.45, 7) is 1.28. The molecule has 16 heavy (non-hydrogen) atoms. The molecule has 78 valence electrons. The second-order valence-corrected chi connectivity index (χ2v) is 3.16. The third-order valence-corrected chi connectivity index (χ3v) is 2.21. The molecule has 6 heteroatoms. The first-order chi connectivity index (χ1) is 7.85. The fourth-order valence-electron chi connectivity index (χ4n) is 1.39. The molecule has 0 bridgehead atoms. The molecular formula is C10H8N6. The molecule has 0 saturated carbocycles. The Labute approximate surface area is 92.0 Å². The molecule has 2 aromatic rings. The number of imidazole rings is 2. The Morgan fingerprint density at radius 1 is 1.19 bits per heavy atom. The molecule has 0 aliphatic carbocycles. The maximum Gasteiger partial charge on any atom is 0.176 e. The van der Waals surface area contributed by atoms with Gasteiger partial charge in [-0.1, -0.05) is 0 Å². The smallest absolute Gasteiger partial charge is 0.176 e. The molecular weight excluding hydrogens is 204 g/mol. The van der Waals surface area contributed by atoms with Crippen molar-refractivity contribution in [1.29, 1.82) is 10.5 Å². The lowest BCUT2D eigenvalue weighted by Gasteiger charge is -2.03. The molecule has 6 nitrogen and oxygen atoms in total. The van der Waals surface area contributed by atoms with E-state index in [1.165, 1.54) is 6.33 Å². The zero-order chi connectivity index (χ0) is 11.4. The molecule has 0 N–H and O–H groups in total. The van der Waals surface area contributed by atoms with E-state index in [-0.39, 0.29) is 5.69 Å². The fourth-order valence-corrected chi connectivity index (χ4v) is 1.39. The number of hydrogen-bond acceptors (Lipinski definition) is 4. The molecule has 2 aromatic heterocycles. The molecule has 0 unspecified atom stereocenters. The van der Waals surface area contributed by atoms with Crippen molar-refractivity contribution in [1.82, 2.24) is 19.1 Å². The summed E-state index contributed by atoms with van der Waals surface area (Å²) in [5, 5.41) is 17.6. The van der Waals surface area contributed by atoms with Crippen molar-refractivity contribution in [3.8, 4) is 12.1 Å². The van der Waals surface area contributed by atoms with Crippen molar-refractivity contribution in [2.75, 3.05) is 0 Å². The monoisotopic (exact) mass is 212 g/mol. The van der Waals surface area contributed by atoms with E-state index in [4.69, 9.17) is 10.5 Å². The van der Waals surface area contributed by atoms with E-state index in [9.17, 15) is 0 Å². The van der Waals surface area contributed by atoms with E-state index in [1.807, 2.05) is 22.9 Å². The first-order valence-electron chi connectivity index (χ1n) is 4.66. The minimum Gasteiger partial charge on any atom is -0.336 e. The van der Waals surface area contributed by atoms with Crippen LogP contribution in [0.15, 0.2) is 25.0 Å². The number of aromatic nitrogens is 4. The third-order valence-electron chi connectivity index (χ3n) is 2.21. The minimum absolute atomic E-state index is 0.174. The normalized spacial score (nSPS) is 9.62. The maximum atomic E-state index is 8.90. The molecule has 0 amide bonds. The van der Waals surface area contributed by atoms with E-state index in [2.05, 4.69) is 9.97 Å². The van der Waals surface area contributed by atoms with Gasteiger partial charge in [0.2, 0.25) is 0 Å². The van der Waals surface area contributed by atoms with Crippen LogP contribution in [0.2, 0.25) is 0 Å². The van der Waals surface area contributed by atoms with Crippen molar-refractivity contribution in [2.45, 2.75) is 13.1 Å². The topological polar surface area (TPSA) is 83.2 Å². The predicted molar refractivity (Wildman–Crippen MR) is 53.9 cm³/mol. The Bertz CT molecular complexity index is 551. The van der Waals surface area contributed by atoms with Crippen molar-refractivity contribution < 1.29 is 0 Å². The molecule has 0 aliphatic heterocycles. The van der Waals surface area contributed by atoms with Crippen molar-refractivity contribution in [3.05, 3.63) is 36.4 Å². The summed E-state index contributed by atoms with van der Waals surface area (Å²) in [5.74, 6) is 0. The Morgan fingerprint density at radius 2 is 2.06 bits per heavy atom. The Balaban J connectivity index is 2.14. The zero-order valence-corrected chi connectivity index (χ0v) is 8.41. The third kappa shape index (κ3) is 1.77. The van der Waals surface area contributed by atoms with Gasteiger partial charge in [-0.3, -0.25) is 0 Å². The summed E-state index contributed by atoms with van der Waals surface area (Å²) in [4.78, 5) is 7.78. The zero-order valence-electron chi connectivity index (χ0n) is 8.41. The molecule has 0 spiro atoms. The quantitative estimate of drug-likeness (QED) is 0.742. The van der Waals surface area contributed by atoms with Gasteiger partial charge in [0.05, 0.1) is 12.7 Å². The number of nitriles is 2. The van der Waals surface area contributed by atoms with Gasteiger partial charge in [0.1, 0.15) is 12.1 Å². The fraction of sp³-hybridized carbons (Fsp3) is 0.200. The highest BCUT2D eigenvalue weighted by molar-refractivity contribution is 5.35. The highest BCUT2D eigenvalue weighted by Gasteiger charge is 2.09. The molecule has 2 rings (SSSR count). The predicted octanol–water partition coefficient (Wildman–Crippen LogP) is 0.523. The standard InChI is InChI=1S/C10H8N6/c11-5-9-10(6-12)16(8-14-9)4-3-15-2-1-13-7-15/h1-2,7-8H,3-4H2. The van der Waals surface area contributed by atoms with Gasteiger partial charge in [-0.25, -0.2) is 9.97 Å². The number of aryl methyl sites for hydroxylation is 2. The lowest BCUT2D eigenvalue weighted by Crippen LogP contribution is -2.06. The Morgan fingerprint density at radius 3 is 2.69 bits per heavy atom. The SMILES string of the molecule is N#Cc1ncn(CCn2ccnc2)c1C#N. The van der Waals surface area contributed by atoms with Crippen LogP contribution in [0, 0.1) is 22.7 Å². The van der Waals surface area contributed by atoms with Crippen LogP contribution in [-0.4, -0.2) is 19.1 Å². The average molecular weight is 212 g/mol. The van der Waals surface area contributed by atoms with Gasteiger partial charge >= 0.3 is 0 Å². The average Bonchev–Trinajstić information content (AvgIpc) is 2.94. The maximum absolute atomic E-state index is 8.90. The van der Waals surface area contributed by atoms with Crippen molar-refractivity contribution in [3.63, 3.8) is 0 Å². The van der Waals surface area contributed by atoms with Crippen LogP contribution in [-0.2, 0) is 13.1 Å². The van der Waals surface area contributed by atoms with Gasteiger partial charge in [-0.05, 0) is 0 Å². The minimum atomic E-state index is 0.174. The number of hydrogen-bond donors (Lipinski definition) is 0. The first-order valence-corrected chi connectivity index (χ1v) is 4.66. The summed E-state index contributed by atoms with van der Waals surface area (Å²) in [6, 6.07) is 3.86. The van der Waals surface area contributed by atoms with Gasteiger partial charge in [-0.15, -0.1) is 0 Å². The van der Waals surface area contributed by atoms with E-state index >= 15 is 0 Å². The van der Waals surface area contributed by atoms with E-state index in [1.54, 1.807) is 17.1 Å².